The van der Waals surface area contributed by atoms with Crippen molar-refractivity contribution >= 4 is 34.8 Å². The minimum absolute atomic E-state index is 0.651. The van der Waals surface area contributed by atoms with Crippen molar-refractivity contribution in [3.63, 3.8) is 0 Å². The third kappa shape index (κ3) is 4.16. The van der Waals surface area contributed by atoms with E-state index in [-0.39, 0.29) is 0 Å². The van der Waals surface area contributed by atoms with Crippen LogP contribution in [0.4, 0.5) is 0 Å². The van der Waals surface area contributed by atoms with Gasteiger partial charge in [-0.2, -0.15) is 22.4 Å². The molecule has 2 unspecified atom stereocenters. The van der Waals surface area contributed by atoms with Crippen LogP contribution in [0.5, 0.6) is 0 Å². The molecule has 0 radical (unpaired) electrons. The van der Waals surface area contributed by atoms with Crippen LogP contribution in [-0.4, -0.2) is 12.4 Å². The van der Waals surface area contributed by atoms with Crippen LogP contribution in [0.25, 0.3) is 0 Å². The maximum absolute atomic E-state index is 2.59. The van der Waals surface area contributed by atoms with Crippen molar-refractivity contribution in [2.75, 3.05) is 0 Å². The molecule has 0 N–H and O–H groups in total. The first kappa shape index (κ1) is 12.9. The summed E-state index contributed by atoms with van der Waals surface area (Å²) in [6.07, 6.45) is 10.3. The van der Waals surface area contributed by atoms with E-state index in [9.17, 15) is 0 Å². The van der Waals surface area contributed by atoms with Crippen molar-refractivity contribution in [1.29, 1.82) is 0 Å². The summed E-state index contributed by atoms with van der Waals surface area (Å²) in [4.78, 5) is 0. The Hall–Kier alpha value is 0.860. The molecule has 1 aliphatic rings. The number of hydrogen-bond acceptors (Lipinski definition) is 0. The summed E-state index contributed by atoms with van der Waals surface area (Å²) in [5.41, 5.74) is 0. The van der Waals surface area contributed by atoms with Crippen LogP contribution in [0, 0.1) is 0 Å². The summed E-state index contributed by atoms with van der Waals surface area (Å²) >= 11 is 2.59. The fraction of sp³-hybridized carbons (Fsp3) is 1.00. The van der Waals surface area contributed by atoms with Gasteiger partial charge in [-0.25, -0.2) is 0 Å². The number of halogens is 1. The largest absolute Gasteiger partial charge is 0.206 e. The van der Waals surface area contributed by atoms with Gasteiger partial charge < -0.3 is 0 Å². The molecule has 1 rings (SSSR count). The summed E-state index contributed by atoms with van der Waals surface area (Å²) < 4.78 is 0. The van der Waals surface area contributed by atoms with Crippen LogP contribution in [-0.2, 0) is 0 Å². The summed E-state index contributed by atoms with van der Waals surface area (Å²) in [5.74, 6) is 1.02. The zero-order chi connectivity index (χ0) is 10.4. The van der Waals surface area contributed by atoms with E-state index >= 15 is 0 Å². The van der Waals surface area contributed by atoms with Crippen molar-refractivity contribution in [2.24, 2.45) is 0 Å². The molecule has 1 fully saturated rings. The fourth-order valence-corrected chi connectivity index (χ4v) is 3.29. The lowest BCUT2D eigenvalue weighted by Gasteiger charge is -2.27. The van der Waals surface area contributed by atoms with Crippen LogP contribution < -0.4 is 0 Å². The average molecular weight is 304 g/mol. The lowest BCUT2D eigenvalue weighted by Crippen LogP contribution is -2.14. The van der Waals surface area contributed by atoms with Gasteiger partial charge in [0.1, 0.15) is 7.28 Å². The van der Waals surface area contributed by atoms with Crippen LogP contribution in [0.1, 0.15) is 51.9 Å². The van der Waals surface area contributed by atoms with Gasteiger partial charge in [-0.1, -0.05) is 64.5 Å². The molecule has 0 aromatic carbocycles. The highest BCUT2D eigenvalue weighted by molar-refractivity contribution is 14.1. The van der Waals surface area contributed by atoms with Crippen molar-refractivity contribution in [3.8, 4) is 0 Å². The highest BCUT2D eigenvalue weighted by Crippen LogP contribution is 2.42. The van der Waals surface area contributed by atoms with E-state index < -0.39 is 0 Å². The minimum Gasteiger partial charge on any atom is -0.155 e. The molecule has 0 spiro atoms. The van der Waals surface area contributed by atoms with Gasteiger partial charge in [0, 0.05) is 0 Å². The zero-order valence-corrected chi connectivity index (χ0v) is 12.0. The monoisotopic (exact) mass is 304 g/mol. The Kier molecular flexibility index (Phi) is 5.95. The Morgan fingerprint density at radius 2 is 1.93 bits per heavy atom. The highest BCUT2D eigenvalue weighted by Gasteiger charge is 2.25. The van der Waals surface area contributed by atoms with Gasteiger partial charge in [0.2, 0.25) is 5.14 Å². The van der Waals surface area contributed by atoms with Gasteiger partial charge >= 0.3 is 0 Å². The first-order valence-electron chi connectivity index (χ1n) is 6.26. The van der Waals surface area contributed by atoms with Gasteiger partial charge in [-0.3, -0.25) is 0 Å². The molecular weight excluding hydrogens is 281 g/mol. The van der Waals surface area contributed by atoms with E-state index in [4.69, 9.17) is 0 Å². The first-order valence-corrected chi connectivity index (χ1v) is 7.79. The molecule has 0 saturated heterocycles. The van der Waals surface area contributed by atoms with E-state index in [0.29, 0.717) is 5.31 Å². The summed E-state index contributed by atoms with van der Waals surface area (Å²) in [6, 6.07) is 0. The predicted molar refractivity (Wildman–Crippen MR) is 78.6 cm³/mol. The second-order valence-corrected chi connectivity index (χ2v) is 6.12. The first-order chi connectivity index (χ1) is 6.70. The number of hydrogen-bond donors (Lipinski definition) is 0. The van der Waals surface area contributed by atoms with Gasteiger partial charge in [-0.15, -0.1) is 0 Å². The van der Waals surface area contributed by atoms with E-state index in [2.05, 4.69) is 36.1 Å². The van der Waals surface area contributed by atoms with Crippen LogP contribution in [0.15, 0.2) is 0 Å². The summed E-state index contributed by atoms with van der Waals surface area (Å²) in [6.45, 7) is 4.86. The van der Waals surface area contributed by atoms with Crippen molar-refractivity contribution in [1.82, 2.24) is 0 Å². The Morgan fingerprint density at radius 3 is 2.57 bits per heavy atom. The number of rotatable bonds is 2. The maximum atomic E-state index is 2.59. The quantitative estimate of drug-likeness (QED) is 0.535. The lowest BCUT2D eigenvalue weighted by molar-refractivity contribution is 0.486. The van der Waals surface area contributed by atoms with Gasteiger partial charge in [0.25, 0.3) is 0 Å². The Balaban J connectivity index is 2.49. The SMILES string of the molecule is CBC1CCCCCC(C)(BI)CC1. The van der Waals surface area contributed by atoms with Crippen LogP contribution in [0.2, 0.25) is 18.0 Å². The molecule has 1 aliphatic carbocycles. The predicted octanol–water partition coefficient (Wildman–Crippen LogP) is 3.97. The molecule has 0 aliphatic heterocycles. The van der Waals surface area contributed by atoms with E-state index in [1.54, 1.807) is 0 Å². The molecule has 0 amide bonds. The topological polar surface area (TPSA) is 0 Å². The summed E-state index contributed by atoms with van der Waals surface area (Å²) in [7, 11) is 1.40. The maximum Gasteiger partial charge on any atom is 0.206 e. The minimum atomic E-state index is 0.651. The smallest absolute Gasteiger partial charge is 0.155 e. The lowest BCUT2D eigenvalue weighted by atomic mass is 9.59. The molecule has 14 heavy (non-hydrogen) atoms. The molecular formula is C11H23B2I. The molecule has 0 heterocycles. The van der Waals surface area contributed by atoms with E-state index in [1.807, 2.05) is 0 Å². The highest BCUT2D eigenvalue weighted by atomic mass is 127. The molecule has 0 aromatic heterocycles. The molecule has 1 saturated carbocycles. The zero-order valence-electron chi connectivity index (χ0n) is 9.82. The fourth-order valence-electron chi connectivity index (χ4n) is 2.53. The van der Waals surface area contributed by atoms with Crippen molar-refractivity contribution < 1.29 is 0 Å². The van der Waals surface area contributed by atoms with Crippen LogP contribution >= 0.6 is 22.4 Å². The second-order valence-electron chi connectivity index (χ2n) is 5.36. The molecule has 2 atom stereocenters. The van der Waals surface area contributed by atoms with Gasteiger partial charge in [0.15, 0.2) is 0 Å². The van der Waals surface area contributed by atoms with E-state index in [0.717, 1.165) is 5.82 Å². The molecule has 0 nitrogen and oxygen atoms in total. The van der Waals surface area contributed by atoms with Crippen molar-refractivity contribution in [2.45, 2.75) is 69.8 Å². The Labute approximate surface area is 104 Å². The molecule has 0 bridgehead atoms. The molecule has 0 aromatic rings. The van der Waals surface area contributed by atoms with Crippen LogP contribution in [0.3, 0.4) is 0 Å². The second kappa shape index (κ2) is 6.44. The van der Waals surface area contributed by atoms with Gasteiger partial charge in [-0.05, 0) is 5.31 Å². The Bertz CT molecular complexity index is 163. The molecule has 3 heteroatoms. The van der Waals surface area contributed by atoms with Gasteiger partial charge in [0.05, 0.1) is 0 Å². The summed E-state index contributed by atoms with van der Waals surface area (Å²) in [5, 5.41) is 2.00. The average Bonchev–Trinajstić information content (AvgIpc) is 2.30. The third-order valence-corrected chi connectivity index (χ3v) is 5.79. The van der Waals surface area contributed by atoms with Crippen molar-refractivity contribution in [3.05, 3.63) is 0 Å². The molecule has 80 valence electrons. The van der Waals surface area contributed by atoms with E-state index in [1.165, 1.54) is 57.4 Å². The third-order valence-electron chi connectivity index (χ3n) is 3.95. The standard InChI is InChI=1S/C11H23B2I/c1-11(13-14)8-5-3-4-6-10(12-2)7-9-11/h10,12-13H,3-9H2,1-2H3. The normalized spacial score (nSPS) is 35.2. The Morgan fingerprint density at radius 1 is 1.14 bits per heavy atom.